The van der Waals surface area contributed by atoms with E-state index in [2.05, 4.69) is 6.58 Å². The van der Waals surface area contributed by atoms with E-state index in [4.69, 9.17) is 9.84 Å². The number of benzene rings is 1. The zero-order chi connectivity index (χ0) is 11.4. The van der Waals surface area contributed by atoms with Gasteiger partial charge in [0.25, 0.3) is 0 Å². The highest BCUT2D eigenvalue weighted by Crippen LogP contribution is 2.20. The molecule has 0 fully saturated rings. The molecule has 1 N–H and O–H groups in total. The molecular formula is C12H14O3. The van der Waals surface area contributed by atoms with Gasteiger partial charge in [-0.25, -0.2) is 4.79 Å². The highest BCUT2D eigenvalue weighted by atomic mass is 16.5. The van der Waals surface area contributed by atoms with Crippen molar-refractivity contribution >= 4 is 5.97 Å². The Morgan fingerprint density at radius 3 is 2.73 bits per heavy atom. The van der Waals surface area contributed by atoms with E-state index in [0.717, 1.165) is 11.1 Å². The van der Waals surface area contributed by atoms with E-state index in [1.165, 1.54) is 0 Å². The summed E-state index contributed by atoms with van der Waals surface area (Å²) in [5.74, 6) is -0.322. The first kappa shape index (κ1) is 11.3. The van der Waals surface area contributed by atoms with Gasteiger partial charge in [-0.3, -0.25) is 0 Å². The van der Waals surface area contributed by atoms with Crippen LogP contribution in [-0.4, -0.2) is 17.7 Å². The molecule has 0 aliphatic heterocycles. The lowest BCUT2D eigenvalue weighted by atomic mass is 10.1. The lowest BCUT2D eigenvalue weighted by Crippen LogP contribution is -2.09. The van der Waals surface area contributed by atoms with Crippen molar-refractivity contribution in [2.75, 3.05) is 6.61 Å². The van der Waals surface area contributed by atoms with Gasteiger partial charge in [-0.1, -0.05) is 18.7 Å². The Bertz CT molecular complexity index is 394. The first-order valence-electron chi connectivity index (χ1n) is 4.62. The summed E-state index contributed by atoms with van der Waals surface area (Å²) in [7, 11) is 0. The maximum atomic E-state index is 10.5. The number of carboxylic acids is 1. The zero-order valence-corrected chi connectivity index (χ0v) is 8.91. The van der Waals surface area contributed by atoms with Gasteiger partial charge in [-0.2, -0.15) is 0 Å². The lowest BCUT2D eigenvalue weighted by Gasteiger charge is -2.10. The van der Waals surface area contributed by atoms with Gasteiger partial charge >= 0.3 is 5.97 Å². The minimum Gasteiger partial charge on any atom is -0.488 e. The second kappa shape index (κ2) is 4.64. The average Bonchev–Trinajstić information content (AvgIpc) is 2.19. The second-order valence-corrected chi connectivity index (χ2v) is 3.40. The number of aryl methyl sites for hydroxylation is 1. The topological polar surface area (TPSA) is 46.5 Å². The third-order valence-electron chi connectivity index (χ3n) is 2.26. The highest BCUT2D eigenvalue weighted by Gasteiger charge is 2.06. The molecule has 80 valence electrons. The van der Waals surface area contributed by atoms with Crippen molar-refractivity contribution in [3.63, 3.8) is 0 Å². The van der Waals surface area contributed by atoms with E-state index in [1.807, 2.05) is 32.0 Å². The van der Waals surface area contributed by atoms with E-state index in [0.29, 0.717) is 5.75 Å². The Morgan fingerprint density at radius 1 is 1.47 bits per heavy atom. The van der Waals surface area contributed by atoms with Crippen LogP contribution in [0.25, 0.3) is 0 Å². The molecule has 0 unspecified atom stereocenters. The van der Waals surface area contributed by atoms with Crippen molar-refractivity contribution in [3.8, 4) is 5.75 Å². The van der Waals surface area contributed by atoms with Crippen LogP contribution in [0.3, 0.4) is 0 Å². The van der Waals surface area contributed by atoms with Crippen molar-refractivity contribution in [2.45, 2.75) is 13.8 Å². The van der Waals surface area contributed by atoms with Gasteiger partial charge in [0.05, 0.1) is 5.57 Å². The Morgan fingerprint density at radius 2 is 2.13 bits per heavy atom. The smallest absolute Gasteiger partial charge is 0.334 e. The molecular weight excluding hydrogens is 192 g/mol. The van der Waals surface area contributed by atoms with Gasteiger partial charge in [0.1, 0.15) is 12.4 Å². The van der Waals surface area contributed by atoms with Crippen LogP contribution in [0.15, 0.2) is 30.4 Å². The van der Waals surface area contributed by atoms with Gasteiger partial charge in [0.2, 0.25) is 0 Å². The standard InChI is InChI=1S/C12H14O3/c1-8-5-4-6-11(10(8)3)15-7-9(2)12(13)14/h4-6H,2,7H2,1,3H3,(H,13,14). The normalized spacial score (nSPS) is 9.73. The summed E-state index contributed by atoms with van der Waals surface area (Å²) in [6.45, 7) is 7.33. The third kappa shape index (κ3) is 2.84. The number of carboxylic acid groups (broad SMARTS) is 1. The number of hydrogen-bond acceptors (Lipinski definition) is 2. The molecule has 0 radical (unpaired) electrons. The predicted octanol–water partition coefficient (Wildman–Crippen LogP) is 2.32. The summed E-state index contributed by atoms with van der Waals surface area (Å²) < 4.78 is 5.36. The highest BCUT2D eigenvalue weighted by molar-refractivity contribution is 5.86. The summed E-state index contributed by atoms with van der Waals surface area (Å²) in [6, 6.07) is 5.67. The van der Waals surface area contributed by atoms with Crippen LogP contribution in [0.2, 0.25) is 0 Å². The Labute approximate surface area is 89.0 Å². The van der Waals surface area contributed by atoms with Crippen LogP contribution in [0.5, 0.6) is 5.75 Å². The molecule has 0 heterocycles. The van der Waals surface area contributed by atoms with E-state index in [9.17, 15) is 4.79 Å². The van der Waals surface area contributed by atoms with Crippen molar-refractivity contribution < 1.29 is 14.6 Å². The molecule has 0 aliphatic rings. The fourth-order valence-corrected chi connectivity index (χ4v) is 1.11. The fourth-order valence-electron chi connectivity index (χ4n) is 1.11. The first-order valence-corrected chi connectivity index (χ1v) is 4.62. The van der Waals surface area contributed by atoms with E-state index < -0.39 is 5.97 Å². The van der Waals surface area contributed by atoms with Crippen molar-refractivity contribution in [1.82, 2.24) is 0 Å². The molecule has 0 amide bonds. The van der Waals surface area contributed by atoms with Crippen LogP contribution in [0.4, 0.5) is 0 Å². The molecule has 0 bridgehead atoms. The molecule has 0 saturated carbocycles. The molecule has 1 aromatic carbocycles. The molecule has 3 heteroatoms. The maximum absolute atomic E-state index is 10.5. The molecule has 0 saturated heterocycles. The number of carbonyl (C=O) groups is 1. The Kier molecular flexibility index (Phi) is 3.50. The average molecular weight is 206 g/mol. The zero-order valence-electron chi connectivity index (χ0n) is 8.91. The van der Waals surface area contributed by atoms with Gasteiger partial charge in [0.15, 0.2) is 0 Å². The quantitative estimate of drug-likeness (QED) is 0.769. The van der Waals surface area contributed by atoms with Gasteiger partial charge in [0, 0.05) is 0 Å². The second-order valence-electron chi connectivity index (χ2n) is 3.40. The summed E-state index contributed by atoms with van der Waals surface area (Å²) >= 11 is 0. The van der Waals surface area contributed by atoms with Gasteiger partial charge < -0.3 is 9.84 Å². The number of hydrogen-bond donors (Lipinski definition) is 1. The molecule has 0 aromatic heterocycles. The summed E-state index contributed by atoms with van der Waals surface area (Å²) in [5.41, 5.74) is 2.19. The summed E-state index contributed by atoms with van der Waals surface area (Å²) in [6.07, 6.45) is 0. The largest absolute Gasteiger partial charge is 0.488 e. The molecule has 1 rings (SSSR count). The Balaban J connectivity index is 2.70. The van der Waals surface area contributed by atoms with E-state index >= 15 is 0 Å². The maximum Gasteiger partial charge on any atom is 0.334 e. The lowest BCUT2D eigenvalue weighted by molar-refractivity contribution is -0.133. The van der Waals surface area contributed by atoms with E-state index in [-0.39, 0.29) is 12.2 Å². The van der Waals surface area contributed by atoms with Crippen LogP contribution in [0, 0.1) is 13.8 Å². The molecule has 0 aliphatic carbocycles. The number of rotatable bonds is 4. The Hall–Kier alpha value is -1.77. The van der Waals surface area contributed by atoms with Crippen LogP contribution in [0.1, 0.15) is 11.1 Å². The number of ether oxygens (including phenoxy) is 1. The molecule has 0 spiro atoms. The molecule has 1 aromatic rings. The summed E-state index contributed by atoms with van der Waals surface area (Å²) in [5, 5.41) is 8.60. The molecule has 15 heavy (non-hydrogen) atoms. The van der Waals surface area contributed by atoms with Gasteiger partial charge in [-0.05, 0) is 31.0 Å². The van der Waals surface area contributed by atoms with Crippen LogP contribution >= 0.6 is 0 Å². The first-order chi connectivity index (χ1) is 7.02. The fraction of sp³-hybridized carbons (Fsp3) is 0.250. The van der Waals surface area contributed by atoms with E-state index in [1.54, 1.807) is 0 Å². The molecule has 3 nitrogen and oxygen atoms in total. The predicted molar refractivity (Wildman–Crippen MR) is 58.2 cm³/mol. The van der Waals surface area contributed by atoms with Crippen molar-refractivity contribution in [1.29, 1.82) is 0 Å². The SMILES string of the molecule is C=C(COc1cccc(C)c1C)C(=O)O. The van der Waals surface area contributed by atoms with Crippen LogP contribution < -0.4 is 4.74 Å². The minimum absolute atomic E-state index is 0.0135. The third-order valence-corrected chi connectivity index (χ3v) is 2.26. The van der Waals surface area contributed by atoms with Crippen LogP contribution in [-0.2, 0) is 4.79 Å². The minimum atomic E-state index is -1.03. The summed E-state index contributed by atoms with van der Waals surface area (Å²) in [4.78, 5) is 10.5. The number of aliphatic carboxylic acids is 1. The van der Waals surface area contributed by atoms with Crippen molar-refractivity contribution in [2.24, 2.45) is 0 Å². The monoisotopic (exact) mass is 206 g/mol. The van der Waals surface area contributed by atoms with Gasteiger partial charge in [-0.15, -0.1) is 0 Å². The van der Waals surface area contributed by atoms with Crippen molar-refractivity contribution in [3.05, 3.63) is 41.5 Å². The molecule has 0 atom stereocenters.